The molecular weight excluding hydrogens is 328 g/mol. The Morgan fingerprint density at radius 3 is 2.83 bits per heavy atom. The topological polar surface area (TPSA) is 51.2 Å². The Morgan fingerprint density at radius 2 is 2.04 bits per heavy atom. The summed E-state index contributed by atoms with van der Waals surface area (Å²) in [6, 6.07) is 13.6. The fourth-order valence-corrected chi connectivity index (χ4v) is 3.60. The van der Waals surface area contributed by atoms with Crippen molar-refractivity contribution in [3.63, 3.8) is 0 Å². The van der Waals surface area contributed by atoms with Crippen LogP contribution in [0.25, 0.3) is 9.88 Å². The number of rotatable bonds is 7. The largest absolute Gasteiger partial charge is 0.494 e. The first-order valence-electron chi connectivity index (χ1n) is 7.29. The second kappa shape index (κ2) is 7.89. The van der Waals surface area contributed by atoms with Gasteiger partial charge in [-0.15, -0.1) is 22.7 Å². The third kappa shape index (κ3) is 4.40. The predicted octanol–water partition coefficient (Wildman–Crippen LogP) is 4.07. The van der Waals surface area contributed by atoms with Gasteiger partial charge in [-0.3, -0.25) is 4.79 Å². The fourth-order valence-electron chi connectivity index (χ4n) is 1.96. The molecule has 3 rings (SSSR count). The van der Waals surface area contributed by atoms with Gasteiger partial charge in [0.1, 0.15) is 15.6 Å². The van der Waals surface area contributed by atoms with Crippen LogP contribution in [0.2, 0.25) is 0 Å². The summed E-state index contributed by atoms with van der Waals surface area (Å²) in [5.41, 5.74) is 0. The van der Waals surface area contributed by atoms with Crippen LogP contribution in [0.3, 0.4) is 0 Å². The Hall–Kier alpha value is -2.18. The van der Waals surface area contributed by atoms with Crippen molar-refractivity contribution in [1.29, 1.82) is 0 Å². The Kier molecular flexibility index (Phi) is 5.39. The zero-order valence-corrected chi connectivity index (χ0v) is 14.0. The third-order valence-electron chi connectivity index (χ3n) is 3.08. The van der Waals surface area contributed by atoms with E-state index in [2.05, 4.69) is 10.3 Å². The van der Waals surface area contributed by atoms with Crippen molar-refractivity contribution in [3.05, 3.63) is 58.9 Å². The molecule has 0 atom stereocenters. The number of aromatic nitrogens is 1. The number of para-hydroxylation sites is 1. The molecule has 0 aliphatic rings. The van der Waals surface area contributed by atoms with E-state index in [0.717, 1.165) is 22.1 Å². The molecule has 23 heavy (non-hydrogen) atoms. The molecule has 0 aliphatic carbocycles. The Labute approximate surface area is 142 Å². The number of ether oxygens (including phenoxy) is 1. The monoisotopic (exact) mass is 344 g/mol. The molecule has 0 aliphatic heterocycles. The number of thiophene rings is 1. The predicted molar refractivity (Wildman–Crippen MR) is 94.3 cm³/mol. The Morgan fingerprint density at radius 1 is 1.17 bits per heavy atom. The van der Waals surface area contributed by atoms with Crippen LogP contribution in [0, 0.1) is 0 Å². The van der Waals surface area contributed by atoms with Crippen molar-refractivity contribution >= 4 is 28.6 Å². The van der Waals surface area contributed by atoms with E-state index in [4.69, 9.17) is 4.74 Å². The minimum absolute atomic E-state index is 0.0787. The number of benzene rings is 1. The Balaban J connectivity index is 1.41. The molecular formula is C17H16N2O2S2. The highest BCUT2D eigenvalue weighted by atomic mass is 32.1. The molecule has 1 N–H and O–H groups in total. The number of hydrogen-bond donors (Lipinski definition) is 1. The molecule has 2 heterocycles. The highest BCUT2D eigenvalue weighted by molar-refractivity contribution is 7.21. The molecule has 0 unspecified atom stereocenters. The molecule has 6 heteroatoms. The van der Waals surface area contributed by atoms with E-state index in [-0.39, 0.29) is 5.91 Å². The van der Waals surface area contributed by atoms with Gasteiger partial charge in [0.25, 0.3) is 5.91 Å². The van der Waals surface area contributed by atoms with Crippen LogP contribution in [0.4, 0.5) is 0 Å². The maximum atomic E-state index is 12.1. The number of amides is 1. The van der Waals surface area contributed by atoms with E-state index in [0.29, 0.717) is 18.0 Å². The zero-order valence-electron chi connectivity index (χ0n) is 12.4. The smallest absolute Gasteiger partial charge is 0.263 e. The summed E-state index contributed by atoms with van der Waals surface area (Å²) in [5.74, 6) is 0.770. The molecule has 0 spiro atoms. The lowest BCUT2D eigenvalue weighted by Gasteiger charge is -2.06. The van der Waals surface area contributed by atoms with Crippen LogP contribution in [0.15, 0.2) is 54.0 Å². The molecule has 3 aromatic rings. The maximum Gasteiger partial charge on any atom is 0.263 e. The molecule has 0 saturated carbocycles. The van der Waals surface area contributed by atoms with Crippen molar-refractivity contribution in [1.82, 2.24) is 10.3 Å². The lowest BCUT2D eigenvalue weighted by Crippen LogP contribution is -2.24. The van der Waals surface area contributed by atoms with E-state index in [1.54, 1.807) is 17.5 Å². The summed E-state index contributed by atoms with van der Waals surface area (Å²) in [6.07, 6.45) is 2.40. The third-order valence-corrected chi connectivity index (χ3v) is 5.12. The van der Waals surface area contributed by atoms with Gasteiger partial charge in [0.15, 0.2) is 0 Å². The molecule has 118 valence electrons. The molecule has 0 radical (unpaired) electrons. The number of carbonyl (C=O) groups excluding carboxylic acids is 1. The molecule has 1 aromatic carbocycles. The maximum absolute atomic E-state index is 12.1. The quantitative estimate of drug-likeness (QED) is 0.657. The SMILES string of the molecule is O=C(NCCCOc1ccccc1)c1cnc(-c2cccs2)s1. The normalized spacial score (nSPS) is 10.4. The van der Waals surface area contributed by atoms with Gasteiger partial charge in [0, 0.05) is 6.54 Å². The lowest BCUT2D eigenvalue weighted by atomic mass is 10.3. The molecule has 4 nitrogen and oxygen atoms in total. The van der Waals surface area contributed by atoms with E-state index in [1.165, 1.54) is 11.3 Å². The second-order valence-corrected chi connectivity index (χ2v) is 6.76. The van der Waals surface area contributed by atoms with Gasteiger partial charge >= 0.3 is 0 Å². The van der Waals surface area contributed by atoms with Crippen LogP contribution in [0.5, 0.6) is 5.75 Å². The van der Waals surface area contributed by atoms with Crippen LogP contribution in [0.1, 0.15) is 16.1 Å². The van der Waals surface area contributed by atoms with E-state index < -0.39 is 0 Å². The second-order valence-electron chi connectivity index (χ2n) is 4.78. The summed E-state index contributed by atoms with van der Waals surface area (Å²) in [7, 11) is 0. The summed E-state index contributed by atoms with van der Waals surface area (Å²) in [6.45, 7) is 1.16. The van der Waals surface area contributed by atoms with Crippen LogP contribution < -0.4 is 10.1 Å². The summed E-state index contributed by atoms with van der Waals surface area (Å²) >= 11 is 3.04. The lowest BCUT2D eigenvalue weighted by molar-refractivity contribution is 0.0955. The molecule has 1 amide bonds. The molecule has 2 aromatic heterocycles. The van der Waals surface area contributed by atoms with Gasteiger partial charge in [-0.25, -0.2) is 4.98 Å². The number of nitrogens with zero attached hydrogens (tertiary/aromatic N) is 1. The van der Waals surface area contributed by atoms with Gasteiger partial charge < -0.3 is 10.1 Å². The van der Waals surface area contributed by atoms with Crippen LogP contribution >= 0.6 is 22.7 Å². The van der Waals surface area contributed by atoms with Gasteiger partial charge in [-0.1, -0.05) is 24.3 Å². The first-order chi connectivity index (χ1) is 11.3. The standard InChI is InChI=1S/C17H16N2O2S2/c20-16(15-12-19-17(23-15)14-8-4-11-22-14)18-9-5-10-21-13-6-2-1-3-7-13/h1-4,6-8,11-12H,5,9-10H2,(H,18,20). The summed E-state index contributed by atoms with van der Waals surface area (Å²) in [5, 5.41) is 5.79. The van der Waals surface area contributed by atoms with Gasteiger partial charge in [0.05, 0.1) is 17.7 Å². The minimum atomic E-state index is -0.0787. The van der Waals surface area contributed by atoms with E-state index >= 15 is 0 Å². The summed E-state index contributed by atoms with van der Waals surface area (Å²) in [4.78, 5) is 18.1. The van der Waals surface area contributed by atoms with Crippen molar-refractivity contribution in [2.75, 3.05) is 13.2 Å². The number of nitrogens with one attached hydrogen (secondary N) is 1. The zero-order chi connectivity index (χ0) is 15.9. The van der Waals surface area contributed by atoms with Gasteiger partial charge in [-0.05, 0) is 30.0 Å². The van der Waals surface area contributed by atoms with Gasteiger partial charge in [0.2, 0.25) is 0 Å². The van der Waals surface area contributed by atoms with E-state index in [1.807, 2.05) is 47.8 Å². The number of hydrogen-bond acceptors (Lipinski definition) is 5. The fraction of sp³-hybridized carbons (Fsp3) is 0.176. The highest BCUT2D eigenvalue weighted by Gasteiger charge is 2.11. The van der Waals surface area contributed by atoms with E-state index in [9.17, 15) is 4.79 Å². The number of carbonyl (C=O) groups is 1. The first-order valence-corrected chi connectivity index (χ1v) is 8.98. The number of thiazole rings is 1. The van der Waals surface area contributed by atoms with Gasteiger partial charge in [-0.2, -0.15) is 0 Å². The van der Waals surface area contributed by atoms with Crippen molar-refractivity contribution in [3.8, 4) is 15.6 Å². The Bertz CT molecular complexity index is 739. The van der Waals surface area contributed by atoms with Crippen molar-refractivity contribution < 1.29 is 9.53 Å². The van der Waals surface area contributed by atoms with Crippen molar-refractivity contribution in [2.24, 2.45) is 0 Å². The molecule has 0 bridgehead atoms. The minimum Gasteiger partial charge on any atom is -0.494 e. The van der Waals surface area contributed by atoms with Crippen LogP contribution in [-0.4, -0.2) is 24.0 Å². The van der Waals surface area contributed by atoms with Crippen LogP contribution in [-0.2, 0) is 0 Å². The average molecular weight is 344 g/mol. The highest BCUT2D eigenvalue weighted by Crippen LogP contribution is 2.28. The average Bonchev–Trinajstić information content (AvgIpc) is 3.26. The van der Waals surface area contributed by atoms with Crippen molar-refractivity contribution in [2.45, 2.75) is 6.42 Å². The molecule has 0 saturated heterocycles. The summed E-state index contributed by atoms with van der Waals surface area (Å²) < 4.78 is 5.59. The first kappa shape index (κ1) is 15.7. The molecule has 0 fully saturated rings.